The van der Waals surface area contributed by atoms with Gasteiger partial charge in [-0.3, -0.25) is 9.80 Å². The molecule has 4 rings (SSSR count). The molecule has 0 unspecified atom stereocenters. The molecule has 2 atom stereocenters. The molecule has 23 heavy (non-hydrogen) atoms. The van der Waals surface area contributed by atoms with Crippen molar-refractivity contribution in [2.45, 2.75) is 26.1 Å². The fraction of sp³-hybridized carbons (Fsp3) is 0.588. The minimum atomic E-state index is 0.399. The van der Waals surface area contributed by atoms with Crippen LogP contribution >= 0.6 is 22.7 Å². The average Bonchev–Trinajstić information content (AvgIpc) is 3.22. The van der Waals surface area contributed by atoms with E-state index >= 15 is 0 Å². The number of hydrogen-bond acceptors (Lipinski definition) is 6. The molecule has 2 fully saturated rings. The quantitative estimate of drug-likeness (QED) is 0.849. The molecule has 0 aromatic carbocycles. The Balaban J connectivity index is 1.37. The summed E-state index contributed by atoms with van der Waals surface area (Å²) in [6.07, 6.45) is 0.399. The first-order valence-electron chi connectivity index (χ1n) is 8.24. The summed E-state index contributed by atoms with van der Waals surface area (Å²) in [7, 11) is 0. The monoisotopic (exact) mass is 349 g/mol. The molecule has 0 bridgehead atoms. The Hall–Kier alpha value is -0.790. The fourth-order valence-corrected chi connectivity index (χ4v) is 5.12. The van der Waals surface area contributed by atoms with Crippen LogP contribution in [0.1, 0.15) is 16.1 Å². The highest BCUT2D eigenvalue weighted by Gasteiger charge is 2.36. The summed E-state index contributed by atoms with van der Waals surface area (Å²) in [5.41, 5.74) is 4.57. The standard InChI is InChI=1S/C17H23N3OS2/c1-13-17(23-12-18-13)10-20-8-15-7-19(3-4-21-16(15)9-20)6-14-2-5-22-11-14/h2,5,11-12,15-16H,3-4,6-10H2,1H3/t15-,16+/m0/s1. The zero-order chi connectivity index (χ0) is 15.6. The summed E-state index contributed by atoms with van der Waals surface area (Å²) in [5, 5.41) is 4.43. The molecule has 2 saturated heterocycles. The Kier molecular flexibility index (Phi) is 4.78. The van der Waals surface area contributed by atoms with Crippen LogP contribution in [0.2, 0.25) is 0 Å². The molecule has 0 saturated carbocycles. The predicted molar refractivity (Wildman–Crippen MR) is 95.0 cm³/mol. The average molecular weight is 350 g/mol. The van der Waals surface area contributed by atoms with E-state index in [1.165, 1.54) is 16.1 Å². The number of rotatable bonds is 4. The molecular formula is C17H23N3OS2. The lowest BCUT2D eigenvalue weighted by Gasteiger charge is -2.23. The fourth-order valence-electron chi connectivity index (χ4n) is 3.64. The number of aromatic nitrogens is 1. The van der Waals surface area contributed by atoms with Gasteiger partial charge in [0.2, 0.25) is 0 Å². The second-order valence-electron chi connectivity index (χ2n) is 6.59. The van der Waals surface area contributed by atoms with Gasteiger partial charge in [-0.05, 0) is 29.3 Å². The van der Waals surface area contributed by atoms with Gasteiger partial charge in [0.05, 0.1) is 23.9 Å². The molecule has 0 amide bonds. The predicted octanol–water partition coefficient (Wildman–Crippen LogP) is 2.85. The van der Waals surface area contributed by atoms with Crippen LogP contribution < -0.4 is 0 Å². The lowest BCUT2D eigenvalue weighted by Crippen LogP contribution is -2.32. The Bertz CT molecular complexity index is 628. The molecule has 4 heterocycles. The van der Waals surface area contributed by atoms with E-state index in [1.54, 1.807) is 22.7 Å². The first-order chi connectivity index (χ1) is 11.3. The summed E-state index contributed by atoms with van der Waals surface area (Å²) in [6.45, 7) is 9.46. The summed E-state index contributed by atoms with van der Waals surface area (Å²) >= 11 is 3.56. The van der Waals surface area contributed by atoms with Gasteiger partial charge in [0.15, 0.2) is 0 Å². The van der Waals surface area contributed by atoms with Crippen molar-refractivity contribution >= 4 is 22.7 Å². The number of ether oxygens (including phenoxy) is 1. The largest absolute Gasteiger partial charge is 0.375 e. The smallest absolute Gasteiger partial charge is 0.0798 e. The SMILES string of the molecule is Cc1ncsc1CN1C[C@@H]2CN(Cc3ccsc3)CCO[C@@H]2C1. The summed E-state index contributed by atoms with van der Waals surface area (Å²) < 4.78 is 6.16. The first kappa shape index (κ1) is 15.7. The molecule has 0 spiro atoms. The molecule has 2 aliphatic rings. The minimum absolute atomic E-state index is 0.399. The van der Waals surface area contributed by atoms with E-state index in [4.69, 9.17) is 4.74 Å². The Morgan fingerprint density at radius 1 is 1.26 bits per heavy atom. The van der Waals surface area contributed by atoms with Gasteiger partial charge in [0.25, 0.3) is 0 Å². The lowest BCUT2D eigenvalue weighted by atomic mass is 10.1. The number of thiophene rings is 1. The number of aryl methyl sites for hydroxylation is 1. The second-order valence-corrected chi connectivity index (χ2v) is 8.31. The maximum atomic E-state index is 6.16. The highest BCUT2D eigenvalue weighted by molar-refractivity contribution is 7.09. The van der Waals surface area contributed by atoms with E-state index < -0.39 is 0 Å². The van der Waals surface area contributed by atoms with Crippen molar-refractivity contribution in [2.75, 3.05) is 32.8 Å². The molecule has 0 radical (unpaired) electrons. The lowest BCUT2D eigenvalue weighted by molar-refractivity contribution is 0.0510. The molecule has 0 aliphatic carbocycles. The van der Waals surface area contributed by atoms with Gasteiger partial charge in [0.1, 0.15) is 0 Å². The van der Waals surface area contributed by atoms with Crippen LogP contribution in [0.5, 0.6) is 0 Å². The maximum Gasteiger partial charge on any atom is 0.0798 e. The number of thiazole rings is 1. The molecule has 124 valence electrons. The van der Waals surface area contributed by atoms with E-state index in [-0.39, 0.29) is 0 Å². The van der Waals surface area contributed by atoms with Crippen LogP contribution in [-0.2, 0) is 17.8 Å². The van der Waals surface area contributed by atoms with Crippen molar-refractivity contribution in [3.05, 3.63) is 38.5 Å². The van der Waals surface area contributed by atoms with Crippen molar-refractivity contribution in [1.29, 1.82) is 0 Å². The normalized spacial score (nSPS) is 26.3. The van der Waals surface area contributed by atoms with Gasteiger partial charge in [-0.25, -0.2) is 4.98 Å². The maximum absolute atomic E-state index is 6.16. The van der Waals surface area contributed by atoms with Crippen LogP contribution in [0, 0.1) is 12.8 Å². The molecule has 2 aromatic heterocycles. The van der Waals surface area contributed by atoms with Gasteiger partial charge in [0, 0.05) is 50.1 Å². The summed E-state index contributed by atoms with van der Waals surface area (Å²) in [6, 6.07) is 2.24. The Labute approximate surface area is 145 Å². The summed E-state index contributed by atoms with van der Waals surface area (Å²) in [4.78, 5) is 10.9. The van der Waals surface area contributed by atoms with Gasteiger partial charge in [-0.1, -0.05) is 0 Å². The third-order valence-electron chi connectivity index (χ3n) is 4.89. The van der Waals surface area contributed by atoms with Crippen LogP contribution in [0.3, 0.4) is 0 Å². The van der Waals surface area contributed by atoms with E-state index in [2.05, 4.69) is 38.5 Å². The number of likely N-dealkylation sites (tertiary alicyclic amines) is 1. The number of fused-ring (bicyclic) bond motifs is 1. The molecule has 2 aromatic rings. The molecular weight excluding hydrogens is 326 g/mol. The molecule has 4 nitrogen and oxygen atoms in total. The van der Waals surface area contributed by atoms with Crippen molar-refractivity contribution in [3.8, 4) is 0 Å². The van der Waals surface area contributed by atoms with Gasteiger partial charge >= 0.3 is 0 Å². The third kappa shape index (κ3) is 3.67. The van der Waals surface area contributed by atoms with E-state index in [1.807, 2.05) is 5.51 Å². The van der Waals surface area contributed by atoms with Gasteiger partial charge in [-0.15, -0.1) is 11.3 Å². The zero-order valence-corrected chi connectivity index (χ0v) is 15.1. The van der Waals surface area contributed by atoms with Crippen LogP contribution in [-0.4, -0.2) is 53.7 Å². The topological polar surface area (TPSA) is 28.6 Å². The molecule has 2 aliphatic heterocycles. The molecule has 6 heteroatoms. The van der Waals surface area contributed by atoms with Gasteiger partial charge in [-0.2, -0.15) is 11.3 Å². The Morgan fingerprint density at radius 2 is 2.17 bits per heavy atom. The van der Waals surface area contributed by atoms with Crippen LogP contribution in [0.15, 0.2) is 22.3 Å². The van der Waals surface area contributed by atoms with E-state index in [9.17, 15) is 0 Å². The van der Waals surface area contributed by atoms with Crippen molar-refractivity contribution in [1.82, 2.24) is 14.8 Å². The number of hydrogen-bond donors (Lipinski definition) is 0. The van der Waals surface area contributed by atoms with Crippen LogP contribution in [0.25, 0.3) is 0 Å². The van der Waals surface area contributed by atoms with Crippen LogP contribution in [0.4, 0.5) is 0 Å². The van der Waals surface area contributed by atoms with E-state index in [0.29, 0.717) is 12.0 Å². The van der Waals surface area contributed by atoms with Crippen molar-refractivity contribution in [2.24, 2.45) is 5.92 Å². The number of nitrogens with zero attached hydrogens (tertiary/aromatic N) is 3. The minimum Gasteiger partial charge on any atom is -0.375 e. The summed E-state index contributed by atoms with van der Waals surface area (Å²) in [5.74, 6) is 0.629. The zero-order valence-electron chi connectivity index (χ0n) is 13.5. The highest BCUT2D eigenvalue weighted by atomic mass is 32.1. The highest BCUT2D eigenvalue weighted by Crippen LogP contribution is 2.27. The first-order valence-corrected chi connectivity index (χ1v) is 10.1. The van der Waals surface area contributed by atoms with Crippen molar-refractivity contribution < 1.29 is 4.74 Å². The van der Waals surface area contributed by atoms with E-state index in [0.717, 1.165) is 45.9 Å². The second kappa shape index (κ2) is 6.99. The van der Waals surface area contributed by atoms with Gasteiger partial charge < -0.3 is 4.74 Å². The third-order valence-corrected chi connectivity index (χ3v) is 6.54. The van der Waals surface area contributed by atoms with Crippen molar-refractivity contribution in [3.63, 3.8) is 0 Å². The molecule has 0 N–H and O–H groups in total. The Morgan fingerprint density at radius 3 is 2.96 bits per heavy atom.